The molecule has 0 saturated heterocycles. The largest absolute Gasteiger partial charge is 0.270 e. The molecule has 98 valence electrons. The Morgan fingerprint density at radius 2 is 2.10 bits per heavy atom. The van der Waals surface area contributed by atoms with Crippen molar-refractivity contribution in [3.63, 3.8) is 0 Å². The molecule has 0 bridgehead atoms. The van der Waals surface area contributed by atoms with Crippen molar-refractivity contribution in [3.8, 4) is 0 Å². The van der Waals surface area contributed by atoms with E-state index in [-0.39, 0.29) is 0 Å². The van der Waals surface area contributed by atoms with Gasteiger partial charge in [-0.3, -0.25) is 4.99 Å². The number of rotatable bonds is 1. The highest BCUT2D eigenvalue weighted by Gasteiger charge is 2.19. The van der Waals surface area contributed by atoms with E-state index in [2.05, 4.69) is 40.9 Å². The molecule has 3 rings (SSSR count). The molecule has 2 heterocycles. The SMILES string of the molecule is CN=C1C=C2C(=NC=NC2=Nc2cccc(Br)c2)C=N1. The molecule has 20 heavy (non-hydrogen) atoms. The van der Waals surface area contributed by atoms with E-state index < -0.39 is 0 Å². The number of benzene rings is 1. The first kappa shape index (κ1) is 12.8. The molecule has 5 nitrogen and oxygen atoms in total. The Balaban J connectivity index is 2.04. The first-order chi connectivity index (χ1) is 9.76. The minimum absolute atomic E-state index is 0.611. The van der Waals surface area contributed by atoms with Crippen LogP contribution >= 0.6 is 15.9 Å². The summed E-state index contributed by atoms with van der Waals surface area (Å²) in [6.07, 6.45) is 5.01. The van der Waals surface area contributed by atoms with Crippen LogP contribution in [0.4, 0.5) is 5.69 Å². The molecule has 2 aliphatic rings. The zero-order chi connectivity index (χ0) is 13.9. The van der Waals surface area contributed by atoms with Crippen molar-refractivity contribution in [1.82, 2.24) is 0 Å². The third kappa shape index (κ3) is 2.55. The molecule has 1 aromatic carbocycles. The lowest BCUT2D eigenvalue weighted by atomic mass is 10.1. The standard InChI is InChI=1S/C14H10BrN5/c1-16-13-6-11-12(7-17-13)18-8-19-14(11)20-10-4-2-3-9(15)5-10/h2-8H,1H3. The Morgan fingerprint density at radius 1 is 1.20 bits per heavy atom. The van der Waals surface area contributed by atoms with Gasteiger partial charge in [-0.1, -0.05) is 22.0 Å². The highest BCUT2D eigenvalue weighted by Crippen LogP contribution is 2.21. The minimum atomic E-state index is 0.611. The van der Waals surface area contributed by atoms with Gasteiger partial charge in [0.1, 0.15) is 12.2 Å². The van der Waals surface area contributed by atoms with E-state index in [1.807, 2.05) is 30.3 Å². The van der Waals surface area contributed by atoms with E-state index in [1.165, 1.54) is 6.34 Å². The van der Waals surface area contributed by atoms with Crippen molar-refractivity contribution < 1.29 is 0 Å². The molecular formula is C14H10BrN5. The van der Waals surface area contributed by atoms with Crippen molar-refractivity contribution in [2.24, 2.45) is 25.0 Å². The van der Waals surface area contributed by atoms with Gasteiger partial charge in [-0.2, -0.15) is 0 Å². The van der Waals surface area contributed by atoms with Crippen LogP contribution in [0.5, 0.6) is 0 Å². The summed E-state index contributed by atoms with van der Waals surface area (Å²) in [6.45, 7) is 0. The quantitative estimate of drug-likeness (QED) is 0.761. The van der Waals surface area contributed by atoms with Crippen LogP contribution in [0.3, 0.4) is 0 Å². The van der Waals surface area contributed by atoms with Crippen LogP contribution < -0.4 is 0 Å². The molecule has 0 aromatic heterocycles. The number of fused-ring (bicyclic) bond motifs is 1. The highest BCUT2D eigenvalue weighted by atomic mass is 79.9. The second-order valence-corrected chi connectivity index (χ2v) is 4.99. The van der Waals surface area contributed by atoms with E-state index >= 15 is 0 Å². The summed E-state index contributed by atoms with van der Waals surface area (Å²) in [5.74, 6) is 1.25. The van der Waals surface area contributed by atoms with Crippen molar-refractivity contribution in [2.75, 3.05) is 7.05 Å². The lowest BCUT2D eigenvalue weighted by Crippen LogP contribution is -2.21. The van der Waals surface area contributed by atoms with Gasteiger partial charge in [0.05, 0.1) is 23.2 Å². The molecule has 0 unspecified atom stereocenters. The molecule has 1 aromatic rings. The molecule has 0 spiro atoms. The first-order valence-corrected chi connectivity index (χ1v) is 6.73. The van der Waals surface area contributed by atoms with Crippen LogP contribution in [-0.2, 0) is 0 Å². The maximum Gasteiger partial charge on any atom is 0.163 e. The number of dihydropyridines is 1. The normalized spacial score (nSPS) is 20.9. The molecule has 0 amide bonds. The predicted molar refractivity (Wildman–Crippen MR) is 87.1 cm³/mol. The van der Waals surface area contributed by atoms with Crippen molar-refractivity contribution in [1.29, 1.82) is 0 Å². The fraction of sp³-hybridized carbons (Fsp3) is 0.0714. The fourth-order valence-electron chi connectivity index (χ4n) is 1.81. The summed E-state index contributed by atoms with van der Waals surface area (Å²) in [4.78, 5) is 21.2. The van der Waals surface area contributed by atoms with Gasteiger partial charge in [0.25, 0.3) is 0 Å². The second-order valence-electron chi connectivity index (χ2n) is 4.07. The van der Waals surface area contributed by atoms with Gasteiger partial charge in [-0.25, -0.2) is 20.0 Å². The van der Waals surface area contributed by atoms with Crippen LogP contribution in [0, 0.1) is 0 Å². The maximum absolute atomic E-state index is 4.55. The number of hydrogen-bond donors (Lipinski definition) is 0. The molecule has 0 saturated carbocycles. The summed E-state index contributed by atoms with van der Waals surface area (Å²) >= 11 is 3.43. The van der Waals surface area contributed by atoms with Crippen LogP contribution in [0.1, 0.15) is 0 Å². The van der Waals surface area contributed by atoms with E-state index in [1.54, 1.807) is 13.3 Å². The first-order valence-electron chi connectivity index (χ1n) is 5.94. The molecule has 0 radical (unpaired) electrons. The van der Waals surface area contributed by atoms with Crippen LogP contribution in [-0.4, -0.2) is 37.0 Å². The van der Waals surface area contributed by atoms with Crippen LogP contribution in [0.15, 0.2) is 65.3 Å². The van der Waals surface area contributed by atoms with E-state index in [4.69, 9.17) is 0 Å². The summed E-state index contributed by atoms with van der Waals surface area (Å²) in [7, 11) is 1.70. The zero-order valence-corrected chi connectivity index (χ0v) is 12.2. The average molecular weight is 328 g/mol. The number of halogens is 1. The Morgan fingerprint density at radius 3 is 2.90 bits per heavy atom. The minimum Gasteiger partial charge on any atom is -0.270 e. The van der Waals surface area contributed by atoms with Crippen LogP contribution in [0.2, 0.25) is 0 Å². The van der Waals surface area contributed by atoms with Crippen molar-refractivity contribution >= 4 is 51.6 Å². The third-order valence-electron chi connectivity index (χ3n) is 2.76. The van der Waals surface area contributed by atoms with E-state index in [0.717, 1.165) is 21.4 Å². The Labute approximate surface area is 124 Å². The van der Waals surface area contributed by atoms with E-state index in [9.17, 15) is 0 Å². The molecule has 2 aliphatic heterocycles. The van der Waals surface area contributed by atoms with Gasteiger partial charge in [0.2, 0.25) is 0 Å². The lowest BCUT2D eigenvalue weighted by molar-refractivity contribution is 1.40. The van der Waals surface area contributed by atoms with E-state index in [0.29, 0.717) is 11.7 Å². The Hall–Kier alpha value is -2.21. The third-order valence-corrected chi connectivity index (χ3v) is 3.25. The zero-order valence-electron chi connectivity index (χ0n) is 10.7. The fourth-order valence-corrected chi connectivity index (χ4v) is 2.20. The monoisotopic (exact) mass is 327 g/mol. The highest BCUT2D eigenvalue weighted by molar-refractivity contribution is 9.10. The Bertz CT molecular complexity index is 738. The molecule has 0 fully saturated rings. The van der Waals surface area contributed by atoms with Gasteiger partial charge in [-0.05, 0) is 24.3 Å². The summed E-state index contributed by atoms with van der Waals surface area (Å²) in [5, 5.41) is 0. The second kappa shape index (κ2) is 5.42. The predicted octanol–water partition coefficient (Wildman–Crippen LogP) is 3.00. The number of amidine groups is 2. The van der Waals surface area contributed by atoms with Gasteiger partial charge < -0.3 is 0 Å². The molecular weight excluding hydrogens is 318 g/mol. The average Bonchev–Trinajstić information content (AvgIpc) is 2.47. The number of aliphatic imine (C=N–C) groups is 5. The van der Waals surface area contributed by atoms with Crippen LogP contribution in [0.25, 0.3) is 0 Å². The number of hydrogen-bond acceptors (Lipinski definition) is 3. The number of nitrogens with zero attached hydrogens (tertiary/aromatic N) is 5. The lowest BCUT2D eigenvalue weighted by Gasteiger charge is -2.13. The molecule has 6 heteroatoms. The van der Waals surface area contributed by atoms with Gasteiger partial charge in [0.15, 0.2) is 5.84 Å². The molecule has 0 aliphatic carbocycles. The van der Waals surface area contributed by atoms with Crippen molar-refractivity contribution in [2.45, 2.75) is 0 Å². The molecule has 0 N–H and O–H groups in total. The van der Waals surface area contributed by atoms with Crippen molar-refractivity contribution in [3.05, 3.63) is 40.4 Å². The smallest absolute Gasteiger partial charge is 0.163 e. The molecule has 0 atom stereocenters. The topological polar surface area (TPSA) is 61.8 Å². The Kier molecular flexibility index (Phi) is 3.47. The van der Waals surface area contributed by atoms with Gasteiger partial charge in [-0.15, -0.1) is 0 Å². The van der Waals surface area contributed by atoms with Gasteiger partial charge in [0, 0.05) is 11.5 Å². The summed E-state index contributed by atoms with van der Waals surface area (Å²) in [6, 6.07) is 7.74. The maximum atomic E-state index is 4.55. The summed E-state index contributed by atoms with van der Waals surface area (Å²) < 4.78 is 0.975. The summed E-state index contributed by atoms with van der Waals surface area (Å²) in [5.41, 5.74) is 2.41. The van der Waals surface area contributed by atoms with Gasteiger partial charge >= 0.3 is 0 Å².